The second-order valence-corrected chi connectivity index (χ2v) is 8.16. The van der Waals surface area contributed by atoms with Gasteiger partial charge >= 0.3 is 0 Å². The number of carbonyl (C=O) groups excluding carboxylic acids is 1. The van der Waals surface area contributed by atoms with E-state index in [0.717, 1.165) is 23.4 Å². The number of amides is 1. The number of tetrazole rings is 1. The molecule has 0 unspecified atom stereocenters. The Morgan fingerprint density at radius 2 is 1.86 bits per heavy atom. The molecule has 0 aliphatic heterocycles. The fourth-order valence-electron chi connectivity index (χ4n) is 2.81. The summed E-state index contributed by atoms with van der Waals surface area (Å²) in [5, 5.41) is 15.2. The molecule has 146 valence electrons. The molecule has 3 rings (SSSR count). The van der Waals surface area contributed by atoms with Gasteiger partial charge in [-0.1, -0.05) is 61.5 Å². The van der Waals surface area contributed by atoms with Gasteiger partial charge in [0.15, 0.2) is 0 Å². The van der Waals surface area contributed by atoms with Crippen LogP contribution in [0.5, 0.6) is 0 Å². The molecule has 0 saturated heterocycles. The smallest absolute Gasteiger partial charge is 0.237 e. The van der Waals surface area contributed by atoms with Crippen LogP contribution in [0.15, 0.2) is 53.7 Å². The van der Waals surface area contributed by atoms with Crippen LogP contribution in [0.25, 0.3) is 5.69 Å². The average molecular weight is 396 g/mol. The minimum Gasteiger partial charge on any atom is -0.325 e. The highest BCUT2D eigenvalue weighted by atomic mass is 32.2. The molecule has 2 aromatic carbocycles. The van der Waals surface area contributed by atoms with Crippen molar-refractivity contribution in [2.75, 3.05) is 5.32 Å². The van der Waals surface area contributed by atoms with Crippen LogP contribution in [-0.4, -0.2) is 31.4 Å². The topological polar surface area (TPSA) is 72.7 Å². The summed E-state index contributed by atoms with van der Waals surface area (Å²) in [6, 6.07) is 15.9. The van der Waals surface area contributed by atoms with Crippen molar-refractivity contribution in [1.82, 2.24) is 20.2 Å². The van der Waals surface area contributed by atoms with Crippen LogP contribution < -0.4 is 5.32 Å². The zero-order valence-corrected chi connectivity index (χ0v) is 17.4. The van der Waals surface area contributed by atoms with E-state index in [1.54, 1.807) is 4.68 Å². The van der Waals surface area contributed by atoms with E-state index in [0.29, 0.717) is 11.1 Å². The van der Waals surface area contributed by atoms with Crippen molar-refractivity contribution >= 4 is 23.4 Å². The van der Waals surface area contributed by atoms with Gasteiger partial charge in [0.1, 0.15) is 0 Å². The number of hydrogen-bond acceptors (Lipinski definition) is 5. The van der Waals surface area contributed by atoms with E-state index in [-0.39, 0.29) is 11.2 Å². The number of nitrogens with zero attached hydrogens (tertiary/aromatic N) is 4. The van der Waals surface area contributed by atoms with E-state index in [1.807, 2.05) is 56.3 Å². The minimum atomic E-state index is -0.347. The fourth-order valence-corrected chi connectivity index (χ4v) is 3.61. The maximum absolute atomic E-state index is 12.8. The SMILES string of the molecule is CC[C@H](C)c1ccccc1NC(=O)[C@H](C)Sc1nnnn1-c1ccc(C)cc1. The Balaban J connectivity index is 1.73. The molecule has 0 radical (unpaired) electrons. The molecule has 0 aliphatic rings. The van der Waals surface area contributed by atoms with Gasteiger partial charge in [0.05, 0.1) is 10.9 Å². The van der Waals surface area contributed by atoms with Crippen molar-refractivity contribution in [2.45, 2.75) is 50.4 Å². The summed E-state index contributed by atoms with van der Waals surface area (Å²) in [6.07, 6.45) is 1.02. The highest BCUT2D eigenvalue weighted by Crippen LogP contribution is 2.28. The van der Waals surface area contributed by atoms with Gasteiger partial charge in [-0.3, -0.25) is 4.79 Å². The third-order valence-corrected chi connectivity index (χ3v) is 5.77. The van der Waals surface area contributed by atoms with Gasteiger partial charge in [-0.25, -0.2) is 0 Å². The van der Waals surface area contributed by atoms with Gasteiger partial charge < -0.3 is 5.32 Å². The number of aromatic nitrogens is 4. The van der Waals surface area contributed by atoms with Crippen LogP contribution >= 0.6 is 11.8 Å². The van der Waals surface area contributed by atoms with Crippen molar-refractivity contribution in [2.24, 2.45) is 0 Å². The molecule has 0 saturated carbocycles. The number of aryl methyl sites for hydroxylation is 1. The summed E-state index contributed by atoms with van der Waals surface area (Å²) in [5.74, 6) is 0.313. The Morgan fingerprint density at radius 1 is 1.14 bits per heavy atom. The van der Waals surface area contributed by atoms with E-state index in [4.69, 9.17) is 0 Å². The Bertz CT molecular complexity index is 938. The monoisotopic (exact) mass is 395 g/mol. The minimum absolute atomic E-state index is 0.0702. The Hall–Kier alpha value is -2.67. The van der Waals surface area contributed by atoms with E-state index in [2.05, 4.69) is 40.8 Å². The summed E-state index contributed by atoms with van der Waals surface area (Å²) in [6.45, 7) is 8.20. The summed E-state index contributed by atoms with van der Waals surface area (Å²) in [5.41, 5.74) is 4.05. The summed E-state index contributed by atoms with van der Waals surface area (Å²) >= 11 is 1.34. The van der Waals surface area contributed by atoms with Crippen LogP contribution in [0.4, 0.5) is 5.69 Å². The predicted octanol–water partition coefficient (Wildman–Crippen LogP) is 4.60. The van der Waals surface area contributed by atoms with E-state index in [9.17, 15) is 4.79 Å². The van der Waals surface area contributed by atoms with Crippen LogP contribution in [0.1, 0.15) is 44.2 Å². The van der Waals surface area contributed by atoms with Crippen molar-refractivity contribution in [1.29, 1.82) is 0 Å². The maximum Gasteiger partial charge on any atom is 0.237 e. The molecule has 0 aliphatic carbocycles. The number of rotatable bonds is 7. The Kier molecular flexibility index (Phi) is 6.46. The molecule has 1 N–H and O–H groups in total. The molecule has 0 bridgehead atoms. The molecule has 1 heterocycles. The summed E-state index contributed by atoms with van der Waals surface area (Å²) in [7, 11) is 0. The standard InChI is InChI=1S/C21H25N5OS/c1-5-15(3)18-8-6-7-9-19(18)22-20(27)16(4)28-21-23-24-25-26(21)17-12-10-14(2)11-13-17/h6-13,15-16H,5H2,1-4H3,(H,22,27)/t15-,16-/m0/s1. The molecule has 28 heavy (non-hydrogen) atoms. The first-order valence-corrected chi connectivity index (χ1v) is 10.3. The molecule has 2 atom stereocenters. The zero-order valence-electron chi connectivity index (χ0n) is 16.6. The number of anilines is 1. The molecule has 1 amide bonds. The predicted molar refractivity (Wildman–Crippen MR) is 113 cm³/mol. The average Bonchev–Trinajstić information content (AvgIpc) is 3.16. The van der Waals surface area contributed by atoms with Gasteiger partial charge in [-0.15, -0.1) is 5.10 Å². The lowest BCUT2D eigenvalue weighted by Gasteiger charge is -2.17. The Morgan fingerprint density at radius 3 is 2.57 bits per heavy atom. The molecule has 0 fully saturated rings. The van der Waals surface area contributed by atoms with Gasteiger partial charge in [0.2, 0.25) is 11.1 Å². The lowest BCUT2D eigenvalue weighted by Crippen LogP contribution is -2.23. The lowest BCUT2D eigenvalue weighted by molar-refractivity contribution is -0.115. The third-order valence-electron chi connectivity index (χ3n) is 4.73. The van der Waals surface area contributed by atoms with Crippen molar-refractivity contribution in [3.8, 4) is 5.69 Å². The first-order valence-electron chi connectivity index (χ1n) is 9.41. The van der Waals surface area contributed by atoms with E-state index in [1.165, 1.54) is 17.3 Å². The number of nitrogens with one attached hydrogen (secondary N) is 1. The zero-order chi connectivity index (χ0) is 20.1. The largest absolute Gasteiger partial charge is 0.325 e. The van der Waals surface area contributed by atoms with Gasteiger partial charge in [0.25, 0.3) is 0 Å². The molecular weight excluding hydrogens is 370 g/mol. The van der Waals surface area contributed by atoms with Gasteiger partial charge in [-0.05, 0) is 60.4 Å². The summed E-state index contributed by atoms with van der Waals surface area (Å²) in [4.78, 5) is 12.8. The van der Waals surface area contributed by atoms with Crippen molar-refractivity contribution < 1.29 is 4.79 Å². The highest BCUT2D eigenvalue weighted by Gasteiger charge is 2.20. The van der Waals surface area contributed by atoms with Crippen LogP contribution in [0.2, 0.25) is 0 Å². The van der Waals surface area contributed by atoms with Crippen LogP contribution in [-0.2, 0) is 4.79 Å². The quantitative estimate of drug-likeness (QED) is 0.592. The van der Waals surface area contributed by atoms with Crippen LogP contribution in [0.3, 0.4) is 0 Å². The number of thioether (sulfide) groups is 1. The second-order valence-electron chi connectivity index (χ2n) is 6.85. The summed E-state index contributed by atoms with van der Waals surface area (Å²) < 4.78 is 1.65. The van der Waals surface area contributed by atoms with Crippen LogP contribution in [0, 0.1) is 6.92 Å². The van der Waals surface area contributed by atoms with E-state index >= 15 is 0 Å². The number of benzene rings is 2. The fraction of sp³-hybridized carbons (Fsp3) is 0.333. The third kappa shape index (κ3) is 4.59. The maximum atomic E-state index is 12.8. The van der Waals surface area contributed by atoms with E-state index < -0.39 is 0 Å². The molecule has 6 nitrogen and oxygen atoms in total. The molecule has 1 aromatic heterocycles. The van der Waals surface area contributed by atoms with Crippen molar-refractivity contribution in [3.05, 3.63) is 59.7 Å². The lowest BCUT2D eigenvalue weighted by atomic mass is 9.97. The number of para-hydroxylation sites is 1. The normalized spacial score (nSPS) is 13.1. The van der Waals surface area contributed by atoms with Gasteiger partial charge in [0, 0.05) is 5.69 Å². The first kappa shape index (κ1) is 20.1. The van der Waals surface area contributed by atoms with Gasteiger partial charge in [-0.2, -0.15) is 4.68 Å². The molecule has 0 spiro atoms. The molecule has 7 heteroatoms. The van der Waals surface area contributed by atoms with Crippen molar-refractivity contribution in [3.63, 3.8) is 0 Å². The number of carbonyl (C=O) groups is 1. The Labute approximate surface area is 169 Å². The molecule has 3 aromatic rings. The first-order chi connectivity index (χ1) is 13.5. The highest BCUT2D eigenvalue weighted by molar-refractivity contribution is 8.00. The second kappa shape index (κ2) is 9.01. The number of hydrogen-bond donors (Lipinski definition) is 1. The molecular formula is C21H25N5OS.